The molecule has 1 aromatic rings. The molecule has 1 aromatic carbocycles. The minimum Gasteiger partial charge on any atom is -0.348 e. The Morgan fingerprint density at radius 1 is 1.29 bits per heavy atom. The van der Waals surface area contributed by atoms with Gasteiger partial charge in [-0.05, 0) is 56.1 Å². The van der Waals surface area contributed by atoms with Gasteiger partial charge in [-0.1, -0.05) is 11.8 Å². The molecule has 3 heterocycles. The molecule has 0 aliphatic carbocycles. The summed E-state index contributed by atoms with van der Waals surface area (Å²) in [6.45, 7) is 3.72. The lowest BCUT2D eigenvalue weighted by Gasteiger charge is -2.44. The minimum absolute atomic E-state index is 0.0204. The van der Waals surface area contributed by atoms with Crippen LogP contribution in [0.4, 0.5) is 0 Å². The number of benzene rings is 1. The van der Waals surface area contributed by atoms with E-state index in [1.807, 2.05) is 24.3 Å². The maximum atomic E-state index is 12.3. The average Bonchev–Trinajstić information content (AvgIpc) is 2.54. The van der Waals surface area contributed by atoms with Gasteiger partial charge < -0.3 is 16.0 Å². The highest BCUT2D eigenvalue weighted by molar-refractivity contribution is 5.94. The predicted octanol–water partition coefficient (Wildman–Crippen LogP) is 0.821. The summed E-state index contributed by atoms with van der Waals surface area (Å²) in [5.74, 6) is 6.44. The molecule has 1 amide bonds. The van der Waals surface area contributed by atoms with Crippen molar-refractivity contribution >= 4 is 5.91 Å². The molecule has 3 N–H and O–H groups in total. The van der Waals surface area contributed by atoms with Gasteiger partial charge in [0.1, 0.15) is 0 Å². The van der Waals surface area contributed by atoms with Crippen molar-refractivity contribution in [2.24, 2.45) is 11.7 Å². The summed E-state index contributed by atoms with van der Waals surface area (Å²) in [5, 5.41) is 3.19. The lowest BCUT2D eigenvalue weighted by molar-refractivity contribution is 0.0620. The molecular weight excluding hydrogens is 262 g/mol. The second kappa shape index (κ2) is 6.30. The Morgan fingerprint density at radius 3 is 2.57 bits per heavy atom. The van der Waals surface area contributed by atoms with Crippen molar-refractivity contribution in [3.05, 3.63) is 35.4 Å². The van der Waals surface area contributed by atoms with Crippen LogP contribution in [0.15, 0.2) is 24.3 Å². The molecular formula is C17H21N3O. The van der Waals surface area contributed by atoms with Crippen molar-refractivity contribution in [2.45, 2.75) is 18.9 Å². The Labute approximate surface area is 125 Å². The quantitative estimate of drug-likeness (QED) is 0.790. The van der Waals surface area contributed by atoms with Gasteiger partial charge in [-0.15, -0.1) is 0 Å². The second-order valence-corrected chi connectivity index (χ2v) is 5.80. The number of nitrogens with one attached hydrogen (secondary N) is 1. The van der Waals surface area contributed by atoms with Crippen LogP contribution in [0.5, 0.6) is 0 Å². The van der Waals surface area contributed by atoms with Crippen LogP contribution in [0.25, 0.3) is 0 Å². The van der Waals surface area contributed by atoms with Crippen molar-refractivity contribution in [3.8, 4) is 11.8 Å². The molecule has 3 aliphatic rings. The number of piperidine rings is 3. The number of nitrogens with zero attached hydrogens (tertiary/aromatic N) is 1. The van der Waals surface area contributed by atoms with Crippen LogP contribution in [0.2, 0.25) is 0 Å². The summed E-state index contributed by atoms with van der Waals surface area (Å²) >= 11 is 0. The topological polar surface area (TPSA) is 58.4 Å². The molecule has 21 heavy (non-hydrogen) atoms. The van der Waals surface area contributed by atoms with Gasteiger partial charge in [0.25, 0.3) is 5.91 Å². The lowest BCUT2D eigenvalue weighted by Crippen LogP contribution is -2.57. The van der Waals surface area contributed by atoms with Crippen LogP contribution >= 0.6 is 0 Å². The van der Waals surface area contributed by atoms with Gasteiger partial charge >= 0.3 is 0 Å². The van der Waals surface area contributed by atoms with Crippen LogP contribution < -0.4 is 11.1 Å². The number of nitrogens with two attached hydrogens (primary N) is 1. The SMILES string of the molecule is NCC#Cc1ccc(C(=O)NC2CN3CCC2CC3)cc1. The Kier molecular flexibility index (Phi) is 4.23. The number of rotatable bonds is 2. The molecule has 0 radical (unpaired) electrons. The minimum atomic E-state index is 0.0204. The van der Waals surface area contributed by atoms with E-state index in [4.69, 9.17) is 5.73 Å². The standard InChI is InChI=1S/C17H21N3O/c18-9-1-2-13-3-5-15(6-4-13)17(21)19-16-12-20-10-7-14(16)8-11-20/h3-6,14,16H,7-12,18H2,(H,19,21). The molecule has 110 valence electrons. The molecule has 1 unspecified atom stereocenters. The van der Waals surface area contributed by atoms with Crippen LogP contribution in [0, 0.1) is 17.8 Å². The molecule has 0 aromatic heterocycles. The second-order valence-electron chi connectivity index (χ2n) is 5.80. The molecule has 0 spiro atoms. The molecule has 4 nitrogen and oxygen atoms in total. The molecule has 3 saturated heterocycles. The van der Waals surface area contributed by atoms with E-state index in [9.17, 15) is 4.79 Å². The van der Waals surface area contributed by atoms with Gasteiger partial charge in [-0.2, -0.15) is 0 Å². The summed E-state index contributed by atoms with van der Waals surface area (Å²) < 4.78 is 0. The Hall–Kier alpha value is -1.83. The van der Waals surface area contributed by atoms with Crippen molar-refractivity contribution in [1.82, 2.24) is 10.2 Å². The highest BCUT2D eigenvalue weighted by Crippen LogP contribution is 2.27. The van der Waals surface area contributed by atoms with E-state index >= 15 is 0 Å². The zero-order valence-electron chi connectivity index (χ0n) is 12.1. The van der Waals surface area contributed by atoms with Crippen molar-refractivity contribution < 1.29 is 4.79 Å². The van der Waals surface area contributed by atoms with E-state index in [-0.39, 0.29) is 5.91 Å². The molecule has 0 saturated carbocycles. The van der Waals surface area contributed by atoms with Gasteiger partial charge in [0.2, 0.25) is 0 Å². The summed E-state index contributed by atoms with van der Waals surface area (Å²) in [6, 6.07) is 7.70. The van der Waals surface area contributed by atoms with Gasteiger partial charge in [0.15, 0.2) is 0 Å². The first-order valence-electron chi connectivity index (χ1n) is 7.58. The number of hydrogen-bond acceptors (Lipinski definition) is 3. The number of carbonyl (C=O) groups excluding carboxylic acids is 1. The van der Waals surface area contributed by atoms with E-state index in [0.29, 0.717) is 24.1 Å². The summed E-state index contributed by atoms with van der Waals surface area (Å²) in [6.07, 6.45) is 2.41. The Balaban J connectivity index is 1.63. The van der Waals surface area contributed by atoms with Gasteiger partial charge in [-0.25, -0.2) is 0 Å². The first kappa shape index (κ1) is 14.1. The van der Waals surface area contributed by atoms with Crippen molar-refractivity contribution in [1.29, 1.82) is 0 Å². The first-order chi connectivity index (χ1) is 10.3. The van der Waals surface area contributed by atoms with E-state index in [0.717, 1.165) is 12.1 Å². The van der Waals surface area contributed by atoms with Crippen LogP contribution in [0.3, 0.4) is 0 Å². The fraction of sp³-hybridized carbons (Fsp3) is 0.471. The largest absolute Gasteiger partial charge is 0.348 e. The van der Waals surface area contributed by atoms with Crippen LogP contribution in [-0.4, -0.2) is 43.0 Å². The third kappa shape index (κ3) is 3.26. The summed E-state index contributed by atoms with van der Waals surface area (Å²) in [7, 11) is 0. The fourth-order valence-corrected chi connectivity index (χ4v) is 3.24. The summed E-state index contributed by atoms with van der Waals surface area (Å²) in [5.41, 5.74) is 6.93. The van der Waals surface area contributed by atoms with Crippen LogP contribution in [-0.2, 0) is 0 Å². The molecule has 4 heteroatoms. The highest BCUT2D eigenvalue weighted by Gasteiger charge is 2.34. The average molecular weight is 283 g/mol. The van der Waals surface area contributed by atoms with E-state index in [2.05, 4.69) is 22.1 Å². The maximum Gasteiger partial charge on any atom is 0.251 e. The zero-order valence-corrected chi connectivity index (χ0v) is 12.1. The fourth-order valence-electron chi connectivity index (χ4n) is 3.24. The normalized spacial score (nSPS) is 26.8. The highest BCUT2D eigenvalue weighted by atomic mass is 16.1. The van der Waals surface area contributed by atoms with Crippen molar-refractivity contribution in [2.75, 3.05) is 26.2 Å². The monoisotopic (exact) mass is 283 g/mol. The van der Waals surface area contributed by atoms with Crippen molar-refractivity contribution in [3.63, 3.8) is 0 Å². The van der Waals surface area contributed by atoms with E-state index in [1.54, 1.807) is 0 Å². The van der Waals surface area contributed by atoms with Gasteiger partial charge in [0.05, 0.1) is 6.54 Å². The third-order valence-electron chi connectivity index (χ3n) is 4.45. The maximum absolute atomic E-state index is 12.3. The van der Waals surface area contributed by atoms with Gasteiger partial charge in [0, 0.05) is 23.7 Å². The number of fused-ring (bicyclic) bond motifs is 3. The third-order valence-corrected chi connectivity index (χ3v) is 4.45. The molecule has 1 atom stereocenters. The number of hydrogen-bond donors (Lipinski definition) is 2. The zero-order chi connectivity index (χ0) is 14.7. The van der Waals surface area contributed by atoms with Gasteiger partial charge in [-0.3, -0.25) is 4.79 Å². The molecule has 4 rings (SSSR count). The Morgan fingerprint density at radius 2 is 2.00 bits per heavy atom. The molecule has 3 aliphatic heterocycles. The Bertz CT molecular complexity index is 562. The van der Waals surface area contributed by atoms with E-state index < -0.39 is 0 Å². The lowest BCUT2D eigenvalue weighted by atomic mass is 9.84. The summed E-state index contributed by atoms with van der Waals surface area (Å²) in [4.78, 5) is 14.8. The van der Waals surface area contributed by atoms with Crippen LogP contribution in [0.1, 0.15) is 28.8 Å². The number of amides is 1. The first-order valence-corrected chi connectivity index (χ1v) is 7.58. The van der Waals surface area contributed by atoms with E-state index in [1.165, 1.54) is 25.9 Å². The molecule has 2 bridgehead atoms. The number of carbonyl (C=O) groups is 1. The smallest absolute Gasteiger partial charge is 0.251 e. The molecule has 3 fully saturated rings. The predicted molar refractivity (Wildman–Crippen MR) is 82.8 cm³/mol.